The third-order valence-electron chi connectivity index (χ3n) is 3.69. The van der Waals surface area contributed by atoms with Crippen molar-refractivity contribution in [2.75, 3.05) is 0 Å². The highest BCUT2D eigenvalue weighted by molar-refractivity contribution is 5.83. The molecule has 0 saturated carbocycles. The van der Waals surface area contributed by atoms with Gasteiger partial charge in [-0.25, -0.2) is 4.99 Å². The highest BCUT2D eigenvalue weighted by atomic mass is 16.5. The molecule has 2 atom stereocenters. The van der Waals surface area contributed by atoms with Crippen molar-refractivity contribution in [3.05, 3.63) is 71.8 Å². The van der Waals surface area contributed by atoms with Gasteiger partial charge in [0.2, 0.25) is 0 Å². The normalized spacial score (nSPS) is 21.8. The summed E-state index contributed by atoms with van der Waals surface area (Å²) in [5.74, 6) is 0.838. The topological polar surface area (TPSA) is 21.6 Å². The minimum Gasteiger partial charge on any atom is -0.470 e. The van der Waals surface area contributed by atoms with Crippen LogP contribution in [0.25, 0.3) is 0 Å². The summed E-state index contributed by atoms with van der Waals surface area (Å²) in [5, 5.41) is 0. The van der Waals surface area contributed by atoms with Crippen molar-refractivity contribution in [1.82, 2.24) is 0 Å². The van der Waals surface area contributed by atoms with Crippen LogP contribution in [0.2, 0.25) is 0 Å². The average Bonchev–Trinajstić information content (AvgIpc) is 2.94. The van der Waals surface area contributed by atoms with Crippen LogP contribution in [0.4, 0.5) is 0 Å². The number of benzene rings is 2. The second-order valence-electron chi connectivity index (χ2n) is 6.49. The van der Waals surface area contributed by atoms with E-state index in [1.165, 1.54) is 11.1 Å². The lowest BCUT2D eigenvalue weighted by Crippen LogP contribution is -2.21. The van der Waals surface area contributed by atoms with Gasteiger partial charge in [0.05, 0.1) is 0 Å². The van der Waals surface area contributed by atoms with Crippen molar-refractivity contribution in [2.24, 2.45) is 10.4 Å². The van der Waals surface area contributed by atoms with E-state index in [-0.39, 0.29) is 17.6 Å². The Morgan fingerprint density at radius 3 is 1.86 bits per heavy atom. The predicted octanol–water partition coefficient (Wildman–Crippen LogP) is 4.94. The van der Waals surface area contributed by atoms with E-state index in [0.717, 1.165) is 5.90 Å². The zero-order chi connectivity index (χ0) is 14.9. The molecule has 0 unspecified atom stereocenters. The van der Waals surface area contributed by atoms with Gasteiger partial charge in [-0.2, -0.15) is 0 Å². The first kappa shape index (κ1) is 13.9. The maximum absolute atomic E-state index is 6.23. The summed E-state index contributed by atoms with van der Waals surface area (Å²) in [6.07, 6.45) is -0.0391. The van der Waals surface area contributed by atoms with Crippen LogP contribution in [-0.2, 0) is 4.74 Å². The summed E-state index contributed by atoms with van der Waals surface area (Å²) in [6.45, 7) is 6.42. The Balaban J connectivity index is 2.00. The second-order valence-corrected chi connectivity index (χ2v) is 6.49. The molecule has 0 aromatic heterocycles. The van der Waals surface area contributed by atoms with Crippen molar-refractivity contribution < 1.29 is 4.74 Å². The molecule has 2 nitrogen and oxygen atoms in total. The van der Waals surface area contributed by atoms with Crippen LogP contribution in [0.3, 0.4) is 0 Å². The summed E-state index contributed by atoms with van der Waals surface area (Å²) in [6, 6.07) is 20.8. The van der Waals surface area contributed by atoms with Crippen molar-refractivity contribution in [1.29, 1.82) is 0 Å². The molecule has 0 saturated heterocycles. The minimum atomic E-state index is -0.0729. The smallest absolute Gasteiger partial charge is 0.190 e. The highest BCUT2D eigenvalue weighted by Crippen LogP contribution is 2.42. The first-order valence-electron chi connectivity index (χ1n) is 7.40. The lowest BCUT2D eigenvalue weighted by atomic mass is 9.96. The van der Waals surface area contributed by atoms with Crippen LogP contribution < -0.4 is 0 Å². The maximum atomic E-state index is 6.23. The standard InChI is InChI=1S/C19H21NO/c1-19(2,3)18-20-16(14-10-6-4-7-11-14)17(21-18)15-12-8-5-9-13-15/h4-13,16-17H,1-3H3/t16-,17-/m1/s1. The molecule has 0 radical (unpaired) electrons. The summed E-state index contributed by atoms with van der Waals surface area (Å²) in [7, 11) is 0. The van der Waals surface area contributed by atoms with Gasteiger partial charge in [0.15, 0.2) is 12.0 Å². The van der Waals surface area contributed by atoms with Crippen LogP contribution in [0.1, 0.15) is 44.0 Å². The lowest BCUT2D eigenvalue weighted by molar-refractivity contribution is 0.177. The van der Waals surface area contributed by atoms with Crippen molar-refractivity contribution in [2.45, 2.75) is 32.9 Å². The molecular formula is C19H21NO. The Labute approximate surface area is 126 Å². The van der Waals surface area contributed by atoms with Gasteiger partial charge in [0, 0.05) is 5.41 Å². The Hall–Kier alpha value is -2.09. The molecule has 0 bridgehead atoms. The Morgan fingerprint density at radius 1 is 0.810 bits per heavy atom. The quantitative estimate of drug-likeness (QED) is 0.762. The lowest BCUT2D eigenvalue weighted by Gasteiger charge is -2.21. The molecule has 1 aliphatic rings. The van der Waals surface area contributed by atoms with E-state index >= 15 is 0 Å². The van der Waals surface area contributed by atoms with Gasteiger partial charge in [-0.15, -0.1) is 0 Å². The number of nitrogens with zero attached hydrogens (tertiary/aromatic N) is 1. The van der Waals surface area contributed by atoms with Gasteiger partial charge in [0.25, 0.3) is 0 Å². The van der Waals surface area contributed by atoms with Gasteiger partial charge < -0.3 is 4.74 Å². The molecule has 2 heteroatoms. The summed E-state index contributed by atoms with van der Waals surface area (Å²) >= 11 is 0. The van der Waals surface area contributed by atoms with Gasteiger partial charge in [0.1, 0.15) is 6.04 Å². The molecule has 1 heterocycles. The number of hydrogen-bond donors (Lipinski definition) is 0. The summed E-state index contributed by atoms with van der Waals surface area (Å²) in [5.41, 5.74) is 2.30. The summed E-state index contributed by atoms with van der Waals surface area (Å²) < 4.78 is 6.23. The SMILES string of the molecule is CC(C)(C)C1=N[C@H](c2ccccc2)[C@@H](c2ccccc2)O1. The highest BCUT2D eigenvalue weighted by Gasteiger charge is 2.37. The van der Waals surface area contributed by atoms with Crippen molar-refractivity contribution in [3.63, 3.8) is 0 Å². The fourth-order valence-corrected chi connectivity index (χ4v) is 2.57. The number of ether oxygens (including phenoxy) is 1. The molecule has 0 fully saturated rings. The molecule has 0 amide bonds. The van der Waals surface area contributed by atoms with Gasteiger partial charge in [-0.3, -0.25) is 0 Å². The van der Waals surface area contributed by atoms with Crippen LogP contribution in [0.5, 0.6) is 0 Å². The molecule has 21 heavy (non-hydrogen) atoms. The molecule has 108 valence electrons. The minimum absolute atomic E-state index is 0.0304. The second kappa shape index (κ2) is 5.36. The van der Waals surface area contributed by atoms with E-state index in [1.807, 2.05) is 12.1 Å². The Kier molecular flexibility index (Phi) is 3.54. The van der Waals surface area contributed by atoms with Crippen LogP contribution in [-0.4, -0.2) is 5.90 Å². The van der Waals surface area contributed by atoms with Crippen LogP contribution in [0, 0.1) is 5.41 Å². The van der Waals surface area contributed by atoms with E-state index in [9.17, 15) is 0 Å². The zero-order valence-corrected chi connectivity index (χ0v) is 12.8. The maximum Gasteiger partial charge on any atom is 0.190 e. The van der Waals surface area contributed by atoms with E-state index in [2.05, 4.69) is 69.3 Å². The molecule has 3 rings (SSSR count). The molecule has 2 aromatic rings. The zero-order valence-electron chi connectivity index (χ0n) is 12.8. The van der Waals surface area contributed by atoms with Crippen LogP contribution >= 0.6 is 0 Å². The van der Waals surface area contributed by atoms with Crippen LogP contribution in [0.15, 0.2) is 65.7 Å². The van der Waals surface area contributed by atoms with Gasteiger partial charge in [-0.1, -0.05) is 81.4 Å². The summed E-state index contributed by atoms with van der Waals surface area (Å²) in [4.78, 5) is 4.88. The van der Waals surface area contributed by atoms with Crippen molar-refractivity contribution in [3.8, 4) is 0 Å². The predicted molar refractivity (Wildman–Crippen MR) is 86.3 cm³/mol. The first-order chi connectivity index (χ1) is 10.1. The molecule has 1 aliphatic heterocycles. The van der Waals surface area contributed by atoms with Gasteiger partial charge >= 0.3 is 0 Å². The number of rotatable bonds is 2. The molecule has 0 aliphatic carbocycles. The monoisotopic (exact) mass is 279 g/mol. The number of hydrogen-bond acceptors (Lipinski definition) is 2. The fraction of sp³-hybridized carbons (Fsp3) is 0.316. The van der Waals surface area contributed by atoms with E-state index < -0.39 is 0 Å². The van der Waals surface area contributed by atoms with E-state index in [4.69, 9.17) is 9.73 Å². The fourth-order valence-electron chi connectivity index (χ4n) is 2.57. The third-order valence-corrected chi connectivity index (χ3v) is 3.69. The Bertz CT molecular complexity index is 626. The van der Waals surface area contributed by atoms with E-state index in [0.29, 0.717) is 0 Å². The molecular weight excluding hydrogens is 258 g/mol. The average molecular weight is 279 g/mol. The first-order valence-corrected chi connectivity index (χ1v) is 7.40. The molecule has 2 aromatic carbocycles. The molecule has 0 N–H and O–H groups in total. The van der Waals surface area contributed by atoms with Gasteiger partial charge in [-0.05, 0) is 11.1 Å². The van der Waals surface area contributed by atoms with E-state index in [1.54, 1.807) is 0 Å². The molecule has 0 spiro atoms. The number of aliphatic imine (C=N–C) groups is 1. The largest absolute Gasteiger partial charge is 0.470 e. The Morgan fingerprint density at radius 2 is 1.33 bits per heavy atom. The third kappa shape index (κ3) is 2.85. The van der Waals surface area contributed by atoms with Crippen molar-refractivity contribution >= 4 is 5.90 Å².